The number of carbonyl (C=O) groups excluding carboxylic acids is 2. The molecular weight excluding hydrogens is 557 g/mol. The van der Waals surface area contributed by atoms with Crippen molar-refractivity contribution in [2.75, 3.05) is 19.1 Å². The number of esters is 2. The number of anilines is 1. The number of nitrogens with two attached hydrogens (primary N) is 1. The van der Waals surface area contributed by atoms with E-state index in [4.69, 9.17) is 19.9 Å². The summed E-state index contributed by atoms with van der Waals surface area (Å²) in [5, 5.41) is 10.1. The summed E-state index contributed by atoms with van der Waals surface area (Å²) in [6, 6.07) is 21.4. The van der Waals surface area contributed by atoms with Crippen molar-refractivity contribution in [3.63, 3.8) is 0 Å². The van der Waals surface area contributed by atoms with Crippen LogP contribution in [0.5, 0.6) is 11.5 Å². The van der Waals surface area contributed by atoms with Gasteiger partial charge in [-0.1, -0.05) is 52.3 Å². The Labute approximate surface area is 226 Å². The van der Waals surface area contributed by atoms with Crippen LogP contribution in [-0.4, -0.2) is 26.2 Å². The van der Waals surface area contributed by atoms with Crippen molar-refractivity contribution in [2.45, 2.75) is 5.92 Å². The van der Waals surface area contributed by atoms with E-state index in [1.54, 1.807) is 54.6 Å². The number of nitrogens with zero attached hydrogens (tertiary/aromatic N) is 2. The Morgan fingerprint density at radius 2 is 1.71 bits per heavy atom. The Kier molecular flexibility index (Phi) is 7.79. The Balaban J connectivity index is 1.91. The van der Waals surface area contributed by atoms with Crippen molar-refractivity contribution in [3.8, 4) is 17.6 Å². The second-order valence-corrected chi connectivity index (χ2v) is 8.93. The van der Waals surface area contributed by atoms with Gasteiger partial charge in [0.25, 0.3) is 0 Å². The van der Waals surface area contributed by atoms with Crippen LogP contribution in [0.4, 0.5) is 10.1 Å². The van der Waals surface area contributed by atoms with Crippen LogP contribution in [0.2, 0.25) is 0 Å². The molecule has 0 radical (unpaired) electrons. The summed E-state index contributed by atoms with van der Waals surface area (Å²) in [4.78, 5) is 27.3. The Morgan fingerprint density at radius 3 is 2.32 bits per heavy atom. The van der Waals surface area contributed by atoms with Gasteiger partial charge in [0.15, 0.2) is 11.6 Å². The lowest BCUT2D eigenvalue weighted by molar-refractivity contribution is -0.139. The average molecular weight is 578 g/mol. The van der Waals surface area contributed by atoms with E-state index in [0.717, 1.165) is 29.7 Å². The Bertz CT molecular complexity index is 1510. The standard InChI is InChI=1S/C28H21BrFN3O5/c1-36-27(34)24-23(16-7-4-3-5-8-16)20(15-31)26(32)33(25(24)28(35)37-2)18-11-12-22(21(30)14-18)38-19-10-6-9-17(29)13-19/h3-14,23H,32H2,1-2H3. The number of methoxy groups -OCH3 is 2. The van der Waals surface area contributed by atoms with E-state index in [0.29, 0.717) is 11.3 Å². The third-order valence-corrected chi connectivity index (χ3v) is 6.30. The van der Waals surface area contributed by atoms with Gasteiger partial charge < -0.3 is 19.9 Å². The SMILES string of the molecule is COC(=O)C1=C(C(=O)OC)N(c2ccc(Oc3cccc(Br)c3)c(F)c2)C(N)=C(C#N)C1c1ccccc1. The van der Waals surface area contributed by atoms with Gasteiger partial charge in [0.2, 0.25) is 0 Å². The molecule has 38 heavy (non-hydrogen) atoms. The average Bonchev–Trinajstić information content (AvgIpc) is 2.93. The van der Waals surface area contributed by atoms with Crippen molar-refractivity contribution < 1.29 is 28.2 Å². The van der Waals surface area contributed by atoms with E-state index in [2.05, 4.69) is 15.9 Å². The molecular formula is C28H21BrFN3O5. The largest absolute Gasteiger partial charge is 0.466 e. The number of rotatable bonds is 6. The van der Waals surface area contributed by atoms with E-state index in [-0.39, 0.29) is 34.1 Å². The molecule has 0 saturated heterocycles. The lowest BCUT2D eigenvalue weighted by Crippen LogP contribution is -2.40. The molecule has 0 fully saturated rings. The number of hydrogen-bond acceptors (Lipinski definition) is 8. The van der Waals surface area contributed by atoms with E-state index in [1.165, 1.54) is 12.1 Å². The van der Waals surface area contributed by atoms with Gasteiger partial charge in [0.05, 0.1) is 43.0 Å². The number of nitriles is 1. The smallest absolute Gasteiger partial charge is 0.355 e. The molecule has 0 saturated carbocycles. The highest BCUT2D eigenvalue weighted by atomic mass is 79.9. The molecule has 4 rings (SSSR count). The fraction of sp³-hybridized carbons (Fsp3) is 0.107. The third-order valence-electron chi connectivity index (χ3n) is 5.81. The molecule has 10 heteroatoms. The van der Waals surface area contributed by atoms with Gasteiger partial charge in [0, 0.05) is 10.5 Å². The zero-order chi connectivity index (χ0) is 27.4. The summed E-state index contributed by atoms with van der Waals surface area (Å²) >= 11 is 3.34. The topological polar surface area (TPSA) is 115 Å². The Morgan fingerprint density at radius 1 is 1.00 bits per heavy atom. The van der Waals surface area contributed by atoms with E-state index >= 15 is 4.39 Å². The monoisotopic (exact) mass is 577 g/mol. The van der Waals surface area contributed by atoms with Gasteiger partial charge in [-0.15, -0.1) is 0 Å². The van der Waals surface area contributed by atoms with Crippen LogP contribution in [-0.2, 0) is 19.1 Å². The lowest BCUT2D eigenvalue weighted by atomic mass is 9.81. The van der Waals surface area contributed by atoms with Gasteiger partial charge >= 0.3 is 11.9 Å². The third kappa shape index (κ3) is 4.96. The van der Waals surface area contributed by atoms with Crippen molar-refractivity contribution in [1.29, 1.82) is 5.26 Å². The van der Waals surface area contributed by atoms with Crippen LogP contribution in [0, 0.1) is 17.1 Å². The normalized spacial score (nSPS) is 15.1. The molecule has 1 heterocycles. The number of allylic oxidation sites excluding steroid dienone is 1. The molecule has 2 N–H and O–H groups in total. The molecule has 8 nitrogen and oxygen atoms in total. The minimum Gasteiger partial charge on any atom is -0.466 e. The number of ether oxygens (including phenoxy) is 3. The summed E-state index contributed by atoms with van der Waals surface area (Å²) < 4.78 is 31.6. The quantitative estimate of drug-likeness (QED) is 0.393. The highest BCUT2D eigenvalue weighted by molar-refractivity contribution is 9.10. The van der Waals surface area contributed by atoms with Crippen molar-refractivity contribution >= 4 is 33.6 Å². The highest BCUT2D eigenvalue weighted by Crippen LogP contribution is 2.43. The van der Waals surface area contributed by atoms with Crippen molar-refractivity contribution in [2.24, 2.45) is 5.73 Å². The van der Waals surface area contributed by atoms with Crippen molar-refractivity contribution in [3.05, 3.63) is 111 Å². The number of benzene rings is 3. The minimum atomic E-state index is -1.03. The number of hydrogen-bond donors (Lipinski definition) is 1. The molecule has 1 aliphatic heterocycles. The first-order valence-electron chi connectivity index (χ1n) is 11.2. The fourth-order valence-corrected chi connectivity index (χ4v) is 4.53. The maximum Gasteiger partial charge on any atom is 0.355 e. The molecule has 192 valence electrons. The predicted molar refractivity (Wildman–Crippen MR) is 140 cm³/mol. The first-order chi connectivity index (χ1) is 18.3. The van der Waals surface area contributed by atoms with E-state index in [1.807, 2.05) is 6.07 Å². The van der Waals surface area contributed by atoms with Crippen LogP contribution in [0.1, 0.15) is 11.5 Å². The first-order valence-corrected chi connectivity index (χ1v) is 12.0. The molecule has 0 spiro atoms. The molecule has 1 aliphatic rings. The fourth-order valence-electron chi connectivity index (χ4n) is 4.15. The van der Waals surface area contributed by atoms with Gasteiger partial charge in [-0.3, -0.25) is 4.90 Å². The summed E-state index contributed by atoms with van der Waals surface area (Å²) in [6.45, 7) is 0. The molecule has 0 amide bonds. The molecule has 0 bridgehead atoms. The van der Waals surface area contributed by atoms with Crippen LogP contribution < -0.4 is 15.4 Å². The summed E-state index contributed by atoms with van der Waals surface area (Å²) in [6.07, 6.45) is 0. The van der Waals surface area contributed by atoms with Crippen LogP contribution >= 0.6 is 15.9 Å². The summed E-state index contributed by atoms with van der Waals surface area (Å²) in [5.74, 6) is -3.48. The maximum absolute atomic E-state index is 15.3. The zero-order valence-corrected chi connectivity index (χ0v) is 21.9. The summed E-state index contributed by atoms with van der Waals surface area (Å²) in [5.41, 5.74) is 6.52. The van der Waals surface area contributed by atoms with Crippen LogP contribution in [0.15, 0.2) is 99.9 Å². The molecule has 1 unspecified atom stereocenters. The second-order valence-electron chi connectivity index (χ2n) is 8.01. The van der Waals surface area contributed by atoms with Gasteiger partial charge in [0.1, 0.15) is 17.3 Å². The van der Waals surface area contributed by atoms with Crippen molar-refractivity contribution in [1.82, 2.24) is 0 Å². The minimum absolute atomic E-state index is 0.0286. The highest BCUT2D eigenvalue weighted by Gasteiger charge is 2.43. The zero-order valence-electron chi connectivity index (χ0n) is 20.3. The summed E-state index contributed by atoms with van der Waals surface area (Å²) in [7, 11) is 2.28. The lowest BCUT2D eigenvalue weighted by Gasteiger charge is -2.35. The Hall–Kier alpha value is -4.62. The van der Waals surface area contributed by atoms with E-state index in [9.17, 15) is 14.9 Å². The molecule has 0 aromatic heterocycles. The molecule has 0 aliphatic carbocycles. The van der Waals surface area contributed by atoms with Gasteiger partial charge in [-0.05, 0) is 35.9 Å². The molecule has 1 atom stereocenters. The van der Waals surface area contributed by atoms with Gasteiger partial charge in [-0.25, -0.2) is 14.0 Å². The first kappa shape index (κ1) is 26.4. The number of halogens is 2. The van der Waals surface area contributed by atoms with Gasteiger partial charge in [-0.2, -0.15) is 5.26 Å². The predicted octanol–water partition coefficient (Wildman–Crippen LogP) is 5.28. The van der Waals surface area contributed by atoms with Crippen LogP contribution in [0.3, 0.4) is 0 Å². The maximum atomic E-state index is 15.3. The second kappa shape index (κ2) is 11.2. The van der Waals surface area contributed by atoms with E-state index < -0.39 is 23.7 Å². The van der Waals surface area contributed by atoms with Crippen LogP contribution in [0.25, 0.3) is 0 Å². The molecule has 3 aromatic carbocycles. The molecule has 3 aromatic rings. The number of carbonyl (C=O) groups is 2.